The van der Waals surface area contributed by atoms with Crippen LogP contribution in [0.25, 0.3) is 11.0 Å². The van der Waals surface area contributed by atoms with Crippen LogP contribution < -0.4 is 9.62 Å². The average Bonchev–Trinajstić information content (AvgIpc) is 3.26. The van der Waals surface area contributed by atoms with Gasteiger partial charge in [0.25, 0.3) is 15.9 Å². The van der Waals surface area contributed by atoms with Crippen LogP contribution in [0.4, 0.5) is 11.4 Å². The number of hydrogen-bond acceptors (Lipinski definition) is 6. The molecule has 1 saturated carbocycles. The fourth-order valence-electron chi connectivity index (χ4n) is 5.07. The molecule has 1 aliphatic rings. The van der Waals surface area contributed by atoms with Gasteiger partial charge in [0.1, 0.15) is 5.82 Å². The summed E-state index contributed by atoms with van der Waals surface area (Å²) in [4.78, 5) is 27.8. The van der Waals surface area contributed by atoms with E-state index < -0.39 is 28.5 Å². The van der Waals surface area contributed by atoms with Gasteiger partial charge in [-0.3, -0.25) is 13.9 Å². The molecule has 9 nitrogen and oxygen atoms in total. The molecule has 3 aromatic rings. The number of sulfonamides is 1. The Hall–Kier alpha value is -3.40. The summed E-state index contributed by atoms with van der Waals surface area (Å²) in [5.74, 6) is 0.577. The van der Waals surface area contributed by atoms with E-state index in [1.165, 1.54) is 74.6 Å². The SMILES string of the molecule is CC(=O)OCC(=O)Nc1ccc(S(=O)(=O)N(C)c2ccc3c(c2)nc(C(C)(C)C)n3CC2CCCCC2)cc1. The maximum atomic E-state index is 13.4. The Kier molecular flexibility index (Phi) is 8.34. The molecule has 1 aromatic heterocycles. The average molecular weight is 555 g/mol. The first kappa shape index (κ1) is 28.6. The number of aromatic nitrogens is 2. The third-order valence-corrected chi connectivity index (χ3v) is 8.93. The fraction of sp³-hybridized carbons (Fsp3) is 0.483. The van der Waals surface area contributed by atoms with Gasteiger partial charge in [-0.05, 0) is 61.2 Å². The highest BCUT2D eigenvalue weighted by Crippen LogP contribution is 2.33. The lowest BCUT2D eigenvalue weighted by Gasteiger charge is -2.26. The molecule has 4 rings (SSSR count). The minimum Gasteiger partial charge on any atom is -0.456 e. The van der Waals surface area contributed by atoms with Crippen molar-refractivity contribution < 1.29 is 22.7 Å². The lowest BCUT2D eigenvalue weighted by molar-refractivity contribution is -0.144. The minimum absolute atomic E-state index is 0.0845. The highest BCUT2D eigenvalue weighted by molar-refractivity contribution is 7.92. The Balaban J connectivity index is 1.57. The predicted octanol–water partition coefficient (Wildman–Crippen LogP) is 5.24. The number of esters is 1. The maximum absolute atomic E-state index is 13.4. The summed E-state index contributed by atoms with van der Waals surface area (Å²) in [5, 5.41) is 2.57. The summed E-state index contributed by atoms with van der Waals surface area (Å²) in [6.45, 7) is 8.21. The largest absolute Gasteiger partial charge is 0.456 e. The molecule has 1 amide bonds. The number of ether oxygens (including phenoxy) is 1. The number of nitrogens with zero attached hydrogens (tertiary/aromatic N) is 3. The normalized spacial score (nSPS) is 14.8. The summed E-state index contributed by atoms with van der Waals surface area (Å²) in [6.07, 6.45) is 6.33. The maximum Gasteiger partial charge on any atom is 0.303 e. The molecule has 0 saturated heterocycles. The Morgan fingerprint density at radius 1 is 1.08 bits per heavy atom. The number of fused-ring (bicyclic) bond motifs is 1. The Bertz CT molecular complexity index is 1450. The number of carbonyl (C=O) groups is 2. The number of hydrogen-bond donors (Lipinski definition) is 1. The van der Waals surface area contributed by atoms with E-state index in [1.54, 1.807) is 0 Å². The zero-order chi connectivity index (χ0) is 28.4. The molecule has 0 atom stereocenters. The van der Waals surface area contributed by atoms with E-state index in [9.17, 15) is 18.0 Å². The van der Waals surface area contributed by atoms with E-state index in [4.69, 9.17) is 4.98 Å². The van der Waals surface area contributed by atoms with Crippen LogP contribution in [0.1, 0.15) is 65.6 Å². The van der Waals surface area contributed by atoms with E-state index in [1.807, 2.05) is 18.2 Å². The topological polar surface area (TPSA) is 111 Å². The second kappa shape index (κ2) is 11.4. The first-order valence-electron chi connectivity index (χ1n) is 13.4. The van der Waals surface area contributed by atoms with Crippen LogP contribution in [-0.2, 0) is 36.3 Å². The van der Waals surface area contributed by atoms with E-state index in [-0.39, 0.29) is 10.3 Å². The van der Waals surface area contributed by atoms with Crippen LogP contribution in [0.5, 0.6) is 0 Å². The number of benzene rings is 2. The predicted molar refractivity (Wildman–Crippen MR) is 152 cm³/mol. The van der Waals surface area contributed by atoms with Gasteiger partial charge in [0.15, 0.2) is 6.61 Å². The molecule has 0 unspecified atom stereocenters. The molecule has 2 aromatic carbocycles. The monoisotopic (exact) mass is 554 g/mol. The van der Waals surface area contributed by atoms with Gasteiger partial charge >= 0.3 is 5.97 Å². The third kappa shape index (κ3) is 6.61. The first-order valence-corrected chi connectivity index (χ1v) is 14.8. The van der Waals surface area contributed by atoms with Crippen molar-refractivity contribution in [3.8, 4) is 0 Å². The lowest BCUT2D eigenvalue weighted by Crippen LogP contribution is -2.26. The Morgan fingerprint density at radius 2 is 1.74 bits per heavy atom. The van der Waals surface area contributed by atoms with Gasteiger partial charge in [0.05, 0.1) is 21.6 Å². The Morgan fingerprint density at radius 3 is 2.36 bits per heavy atom. The van der Waals surface area contributed by atoms with Crippen LogP contribution in [0, 0.1) is 5.92 Å². The molecule has 10 heteroatoms. The molecule has 1 fully saturated rings. The van der Waals surface area contributed by atoms with Crippen LogP contribution in [0.3, 0.4) is 0 Å². The quantitative estimate of drug-likeness (QED) is 0.381. The lowest BCUT2D eigenvalue weighted by atomic mass is 9.88. The highest BCUT2D eigenvalue weighted by Gasteiger charge is 2.27. The van der Waals surface area contributed by atoms with Crippen LogP contribution >= 0.6 is 0 Å². The summed E-state index contributed by atoms with van der Waals surface area (Å²) >= 11 is 0. The Labute approximate surface area is 230 Å². The molecule has 1 heterocycles. The number of imidazole rings is 1. The third-order valence-electron chi connectivity index (χ3n) is 7.13. The summed E-state index contributed by atoms with van der Waals surface area (Å²) < 4.78 is 35.1. The second-order valence-corrected chi connectivity index (χ2v) is 13.3. The van der Waals surface area contributed by atoms with Gasteiger partial charge in [-0.1, -0.05) is 40.0 Å². The molecule has 1 aliphatic carbocycles. The van der Waals surface area contributed by atoms with Gasteiger partial charge in [-0.25, -0.2) is 13.4 Å². The van der Waals surface area contributed by atoms with E-state index in [0.29, 0.717) is 17.3 Å². The second-order valence-electron chi connectivity index (χ2n) is 11.3. The molecule has 0 radical (unpaired) electrons. The molecular formula is C29H38N4O5S. The summed E-state index contributed by atoms with van der Waals surface area (Å²) in [5.41, 5.74) is 2.56. The summed E-state index contributed by atoms with van der Waals surface area (Å²) in [6, 6.07) is 11.5. The fourth-order valence-corrected chi connectivity index (χ4v) is 6.26. The number of carbonyl (C=O) groups excluding carboxylic acids is 2. The molecule has 210 valence electrons. The number of nitrogens with one attached hydrogen (secondary N) is 1. The van der Waals surface area contributed by atoms with Crippen molar-refractivity contribution >= 4 is 44.3 Å². The molecule has 0 spiro atoms. The molecule has 0 bridgehead atoms. The van der Waals surface area contributed by atoms with E-state index in [2.05, 4.69) is 35.4 Å². The van der Waals surface area contributed by atoms with Crippen molar-refractivity contribution in [3.63, 3.8) is 0 Å². The van der Waals surface area contributed by atoms with E-state index in [0.717, 1.165) is 23.4 Å². The van der Waals surface area contributed by atoms with Crippen molar-refractivity contribution in [1.82, 2.24) is 9.55 Å². The van der Waals surface area contributed by atoms with Gasteiger partial charge in [-0.15, -0.1) is 0 Å². The van der Waals surface area contributed by atoms with Crippen LogP contribution in [0.15, 0.2) is 47.4 Å². The van der Waals surface area contributed by atoms with Crippen molar-refractivity contribution in [1.29, 1.82) is 0 Å². The van der Waals surface area contributed by atoms with Gasteiger partial charge in [-0.2, -0.15) is 0 Å². The highest BCUT2D eigenvalue weighted by atomic mass is 32.2. The van der Waals surface area contributed by atoms with Crippen LogP contribution in [0.2, 0.25) is 0 Å². The standard InChI is InChI=1S/C29H38N4O5S/c1-20(34)38-19-27(35)30-22-11-14-24(15-12-22)39(36,37)32(5)23-13-16-26-25(17-23)31-28(29(2,3)4)33(26)18-21-9-7-6-8-10-21/h11-17,21H,6-10,18-19H2,1-5H3,(H,30,35). The van der Waals surface area contributed by atoms with Gasteiger partial charge in [0.2, 0.25) is 0 Å². The zero-order valence-corrected chi connectivity index (χ0v) is 24.2. The van der Waals surface area contributed by atoms with Gasteiger partial charge < -0.3 is 14.6 Å². The minimum atomic E-state index is -3.87. The molecular weight excluding hydrogens is 516 g/mol. The van der Waals surface area contributed by atoms with Crippen molar-refractivity contribution in [3.05, 3.63) is 48.3 Å². The molecule has 0 aliphatic heterocycles. The number of rotatable bonds is 8. The van der Waals surface area contributed by atoms with Crippen molar-refractivity contribution in [2.75, 3.05) is 23.3 Å². The first-order chi connectivity index (χ1) is 18.4. The van der Waals surface area contributed by atoms with Crippen molar-refractivity contribution in [2.24, 2.45) is 5.92 Å². The van der Waals surface area contributed by atoms with Crippen LogP contribution in [-0.4, -0.2) is 43.5 Å². The summed E-state index contributed by atoms with van der Waals surface area (Å²) in [7, 11) is -2.34. The number of amides is 1. The van der Waals surface area contributed by atoms with Gasteiger partial charge in [0, 0.05) is 31.6 Å². The smallest absolute Gasteiger partial charge is 0.303 e. The molecule has 1 N–H and O–H groups in total. The van der Waals surface area contributed by atoms with Crippen molar-refractivity contribution in [2.45, 2.75) is 76.7 Å². The molecule has 39 heavy (non-hydrogen) atoms. The van der Waals surface area contributed by atoms with E-state index >= 15 is 0 Å². The number of anilines is 2. The zero-order valence-electron chi connectivity index (χ0n) is 23.4.